The molecule has 0 fully saturated rings. The fourth-order valence-corrected chi connectivity index (χ4v) is 1.53. The number of nitrogens with zero attached hydrogens (tertiary/aromatic N) is 1. The van der Waals surface area contributed by atoms with Crippen LogP contribution in [0.5, 0.6) is 5.75 Å². The number of hydrogen-bond acceptors (Lipinski definition) is 3. The lowest BCUT2D eigenvalue weighted by Gasteiger charge is -2.08. The van der Waals surface area contributed by atoms with Gasteiger partial charge in [-0.05, 0) is 37.9 Å². The lowest BCUT2D eigenvalue weighted by Crippen LogP contribution is -2.23. The molecule has 0 aromatic carbocycles. The summed E-state index contributed by atoms with van der Waals surface area (Å²) in [6.45, 7) is 8.06. The molecule has 1 aromatic rings. The third-order valence-electron chi connectivity index (χ3n) is 2.28. The Bertz CT molecular complexity index is 300. The van der Waals surface area contributed by atoms with E-state index in [4.69, 9.17) is 4.74 Å². The molecule has 0 spiro atoms. The highest BCUT2D eigenvalue weighted by Crippen LogP contribution is 2.12. The van der Waals surface area contributed by atoms with Crippen LogP contribution in [0.15, 0.2) is 18.5 Å². The largest absolute Gasteiger partial charge is 0.492 e. The molecule has 3 nitrogen and oxygen atoms in total. The van der Waals surface area contributed by atoms with E-state index in [-0.39, 0.29) is 0 Å². The van der Waals surface area contributed by atoms with Crippen molar-refractivity contribution in [3.05, 3.63) is 24.0 Å². The van der Waals surface area contributed by atoms with Gasteiger partial charge < -0.3 is 10.1 Å². The van der Waals surface area contributed by atoms with Crippen molar-refractivity contribution in [2.45, 2.75) is 39.7 Å². The summed E-state index contributed by atoms with van der Waals surface area (Å²) in [5, 5.41) is 3.40. The van der Waals surface area contributed by atoms with Gasteiger partial charge in [0.1, 0.15) is 5.75 Å². The van der Waals surface area contributed by atoms with Gasteiger partial charge in [0, 0.05) is 12.2 Å². The summed E-state index contributed by atoms with van der Waals surface area (Å²) in [6, 6.07) is 2.64. The van der Waals surface area contributed by atoms with Gasteiger partial charge in [0.25, 0.3) is 0 Å². The minimum Gasteiger partial charge on any atom is -0.492 e. The smallest absolute Gasteiger partial charge is 0.137 e. The zero-order chi connectivity index (χ0) is 11.8. The standard InChI is InChI=1S/C13H22N2O/c1-4-16-13-8-12(9-14-10-13)6-5-7-15-11(2)3/h8-11,15H,4-7H2,1-3H3. The topological polar surface area (TPSA) is 34.1 Å². The van der Waals surface area contributed by atoms with E-state index in [1.54, 1.807) is 6.20 Å². The Labute approximate surface area is 98.2 Å². The molecule has 0 bridgehead atoms. The van der Waals surface area contributed by atoms with Gasteiger partial charge in [-0.3, -0.25) is 4.98 Å². The Morgan fingerprint density at radius 1 is 1.38 bits per heavy atom. The van der Waals surface area contributed by atoms with Crippen molar-refractivity contribution in [3.63, 3.8) is 0 Å². The van der Waals surface area contributed by atoms with E-state index in [0.29, 0.717) is 12.6 Å². The van der Waals surface area contributed by atoms with Crippen LogP contribution in [0.4, 0.5) is 0 Å². The van der Waals surface area contributed by atoms with Crippen molar-refractivity contribution in [1.82, 2.24) is 10.3 Å². The van der Waals surface area contributed by atoms with Gasteiger partial charge >= 0.3 is 0 Å². The fourth-order valence-electron chi connectivity index (χ4n) is 1.53. The molecule has 0 atom stereocenters. The first-order valence-corrected chi connectivity index (χ1v) is 6.02. The SMILES string of the molecule is CCOc1cncc(CCCNC(C)C)c1. The molecular weight excluding hydrogens is 200 g/mol. The van der Waals surface area contributed by atoms with Gasteiger partial charge in [-0.25, -0.2) is 0 Å². The zero-order valence-corrected chi connectivity index (χ0v) is 10.5. The molecule has 0 radical (unpaired) electrons. The first-order chi connectivity index (χ1) is 7.72. The molecule has 0 aliphatic carbocycles. The van der Waals surface area contributed by atoms with E-state index in [1.165, 1.54) is 5.56 Å². The molecule has 0 aliphatic heterocycles. The minimum absolute atomic E-state index is 0.563. The van der Waals surface area contributed by atoms with E-state index in [9.17, 15) is 0 Å². The maximum Gasteiger partial charge on any atom is 0.137 e. The average molecular weight is 222 g/mol. The van der Waals surface area contributed by atoms with Gasteiger partial charge in [0.15, 0.2) is 0 Å². The Balaban J connectivity index is 2.33. The van der Waals surface area contributed by atoms with Gasteiger partial charge in [-0.1, -0.05) is 13.8 Å². The quantitative estimate of drug-likeness (QED) is 0.719. The number of nitrogens with one attached hydrogen (secondary N) is 1. The number of hydrogen-bond donors (Lipinski definition) is 1. The van der Waals surface area contributed by atoms with E-state index < -0.39 is 0 Å². The molecule has 0 unspecified atom stereocenters. The highest BCUT2D eigenvalue weighted by Gasteiger charge is 1.98. The van der Waals surface area contributed by atoms with E-state index >= 15 is 0 Å². The average Bonchev–Trinajstić information content (AvgIpc) is 2.25. The molecule has 3 heteroatoms. The van der Waals surface area contributed by atoms with Crippen LogP contribution < -0.4 is 10.1 Å². The van der Waals surface area contributed by atoms with Crippen LogP contribution in [0.2, 0.25) is 0 Å². The van der Waals surface area contributed by atoms with Crippen molar-refractivity contribution >= 4 is 0 Å². The van der Waals surface area contributed by atoms with Crippen molar-refractivity contribution in [2.75, 3.05) is 13.2 Å². The molecule has 1 N–H and O–H groups in total. The number of rotatable bonds is 7. The number of aromatic nitrogens is 1. The van der Waals surface area contributed by atoms with Crippen LogP contribution in [0.3, 0.4) is 0 Å². The van der Waals surface area contributed by atoms with Gasteiger partial charge in [0.05, 0.1) is 12.8 Å². The molecule has 0 aliphatic rings. The predicted molar refractivity (Wildman–Crippen MR) is 66.9 cm³/mol. The molecule has 1 aromatic heterocycles. The van der Waals surface area contributed by atoms with Crippen LogP contribution in [-0.4, -0.2) is 24.2 Å². The first-order valence-electron chi connectivity index (χ1n) is 6.02. The molecule has 0 amide bonds. The molecule has 1 heterocycles. The summed E-state index contributed by atoms with van der Waals surface area (Å²) >= 11 is 0. The van der Waals surface area contributed by atoms with Gasteiger partial charge in [0.2, 0.25) is 0 Å². The second-order valence-electron chi connectivity index (χ2n) is 4.17. The van der Waals surface area contributed by atoms with E-state index in [0.717, 1.165) is 25.1 Å². The first kappa shape index (κ1) is 13.0. The van der Waals surface area contributed by atoms with Crippen LogP contribution in [0.1, 0.15) is 32.8 Å². The summed E-state index contributed by atoms with van der Waals surface area (Å²) in [5.41, 5.74) is 1.25. The zero-order valence-electron chi connectivity index (χ0n) is 10.5. The van der Waals surface area contributed by atoms with Crippen LogP contribution in [0, 0.1) is 0 Å². The summed E-state index contributed by atoms with van der Waals surface area (Å²) in [5.74, 6) is 0.872. The molecule has 90 valence electrons. The molecule has 1 rings (SSSR count). The van der Waals surface area contributed by atoms with Gasteiger partial charge in [-0.15, -0.1) is 0 Å². The van der Waals surface area contributed by atoms with Crippen molar-refractivity contribution in [3.8, 4) is 5.75 Å². The lowest BCUT2D eigenvalue weighted by atomic mass is 10.1. The Kier molecular flexibility index (Phi) is 5.86. The Hall–Kier alpha value is -1.09. The van der Waals surface area contributed by atoms with Crippen LogP contribution in [-0.2, 0) is 6.42 Å². The summed E-state index contributed by atoms with van der Waals surface area (Å²) < 4.78 is 5.41. The number of pyridine rings is 1. The lowest BCUT2D eigenvalue weighted by molar-refractivity contribution is 0.338. The summed E-state index contributed by atoms with van der Waals surface area (Å²) in [4.78, 5) is 4.17. The molecular formula is C13H22N2O. The molecule has 16 heavy (non-hydrogen) atoms. The maximum absolute atomic E-state index is 5.41. The second kappa shape index (κ2) is 7.23. The number of aryl methyl sites for hydroxylation is 1. The van der Waals surface area contributed by atoms with E-state index in [2.05, 4.69) is 30.2 Å². The van der Waals surface area contributed by atoms with Gasteiger partial charge in [-0.2, -0.15) is 0 Å². The minimum atomic E-state index is 0.563. The highest BCUT2D eigenvalue weighted by atomic mass is 16.5. The normalized spacial score (nSPS) is 10.8. The number of ether oxygens (including phenoxy) is 1. The summed E-state index contributed by atoms with van der Waals surface area (Å²) in [7, 11) is 0. The van der Waals surface area contributed by atoms with Crippen molar-refractivity contribution in [2.24, 2.45) is 0 Å². The van der Waals surface area contributed by atoms with E-state index in [1.807, 2.05) is 13.1 Å². The Morgan fingerprint density at radius 3 is 2.88 bits per heavy atom. The summed E-state index contributed by atoms with van der Waals surface area (Å²) in [6.07, 6.45) is 5.86. The molecule has 0 saturated heterocycles. The monoisotopic (exact) mass is 222 g/mol. The second-order valence-corrected chi connectivity index (χ2v) is 4.17. The third kappa shape index (κ3) is 5.12. The van der Waals surface area contributed by atoms with Crippen molar-refractivity contribution < 1.29 is 4.74 Å². The predicted octanol–water partition coefficient (Wildman–Crippen LogP) is 2.41. The molecule has 0 saturated carbocycles. The highest BCUT2D eigenvalue weighted by molar-refractivity contribution is 5.23. The Morgan fingerprint density at radius 2 is 2.19 bits per heavy atom. The maximum atomic E-state index is 5.41. The van der Waals surface area contributed by atoms with Crippen molar-refractivity contribution in [1.29, 1.82) is 0 Å². The third-order valence-corrected chi connectivity index (χ3v) is 2.28. The van der Waals surface area contributed by atoms with Crippen LogP contribution in [0.25, 0.3) is 0 Å². The van der Waals surface area contributed by atoms with Crippen LogP contribution >= 0.6 is 0 Å². The fraction of sp³-hybridized carbons (Fsp3) is 0.615.